The first-order chi connectivity index (χ1) is 20.5. The summed E-state index contributed by atoms with van der Waals surface area (Å²) in [5.74, 6) is 0.698. The number of nitrogens with one attached hydrogen (secondary N) is 1. The number of halogens is 2. The molecule has 0 saturated heterocycles. The number of ether oxygens (including phenoxy) is 1. The summed E-state index contributed by atoms with van der Waals surface area (Å²) in [6.45, 7) is 7.83. The molecule has 2 aromatic heterocycles. The lowest BCUT2D eigenvalue weighted by atomic mass is 10.0. The number of hydrogen-bond acceptors (Lipinski definition) is 7. The van der Waals surface area contributed by atoms with Crippen molar-refractivity contribution in [3.05, 3.63) is 110 Å². The van der Waals surface area contributed by atoms with Crippen LogP contribution in [0.5, 0.6) is 5.75 Å². The van der Waals surface area contributed by atoms with E-state index in [1.54, 1.807) is 55.5 Å². The second-order valence-corrected chi connectivity index (χ2v) is 13.8. The smallest absolute Gasteiger partial charge is 0.275 e. The Kier molecular flexibility index (Phi) is 8.99. The third kappa shape index (κ3) is 6.50. The fourth-order valence-electron chi connectivity index (χ4n) is 4.68. The Morgan fingerprint density at radius 2 is 1.70 bits per heavy atom. The molecule has 1 amide bonds. The highest BCUT2D eigenvalue weighted by Crippen LogP contribution is 2.39. The van der Waals surface area contributed by atoms with E-state index in [0.717, 1.165) is 21.6 Å². The first-order valence-electron chi connectivity index (χ1n) is 13.4. The van der Waals surface area contributed by atoms with Gasteiger partial charge in [-0.1, -0.05) is 66.5 Å². The van der Waals surface area contributed by atoms with Crippen molar-refractivity contribution in [2.24, 2.45) is 0 Å². The number of amides is 1. The van der Waals surface area contributed by atoms with Crippen LogP contribution in [-0.2, 0) is 16.6 Å². The molecule has 11 heteroatoms. The van der Waals surface area contributed by atoms with E-state index in [0.29, 0.717) is 38.4 Å². The lowest BCUT2D eigenvalue weighted by molar-refractivity contribution is 0.0985. The minimum atomic E-state index is -4.00. The van der Waals surface area contributed by atoms with Gasteiger partial charge >= 0.3 is 0 Å². The molecule has 222 valence electrons. The van der Waals surface area contributed by atoms with Gasteiger partial charge in [0.1, 0.15) is 23.8 Å². The molecule has 0 saturated carbocycles. The largest absolute Gasteiger partial charge is 0.489 e. The van der Waals surface area contributed by atoms with Gasteiger partial charge in [-0.2, -0.15) is 0 Å². The Hall–Kier alpha value is -3.63. The number of sulfonamides is 1. The maximum atomic E-state index is 12.8. The Balaban J connectivity index is 1.34. The third-order valence-electron chi connectivity index (χ3n) is 6.83. The van der Waals surface area contributed by atoms with E-state index in [4.69, 9.17) is 32.5 Å². The van der Waals surface area contributed by atoms with Gasteiger partial charge in [0.15, 0.2) is 0 Å². The van der Waals surface area contributed by atoms with Crippen LogP contribution in [0.4, 0.5) is 0 Å². The summed E-state index contributed by atoms with van der Waals surface area (Å²) in [4.78, 5) is 14.0. The summed E-state index contributed by atoms with van der Waals surface area (Å²) >= 11 is 14.1. The van der Waals surface area contributed by atoms with E-state index in [1.807, 2.05) is 39.0 Å². The van der Waals surface area contributed by atoms with Crippen molar-refractivity contribution in [1.82, 2.24) is 9.88 Å². The number of rotatable bonds is 9. The van der Waals surface area contributed by atoms with Gasteiger partial charge in [-0.3, -0.25) is 4.79 Å². The Morgan fingerprint density at radius 1 is 0.977 bits per heavy atom. The Morgan fingerprint density at radius 3 is 2.37 bits per heavy atom. The second-order valence-electron chi connectivity index (χ2n) is 10.3. The van der Waals surface area contributed by atoms with Gasteiger partial charge in [-0.25, -0.2) is 13.1 Å². The average Bonchev–Trinajstić information content (AvgIpc) is 3.60. The quantitative estimate of drug-likeness (QED) is 0.170. The molecule has 43 heavy (non-hydrogen) atoms. The van der Waals surface area contributed by atoms with Gasteiger partial charge in [-0.05, 0) is 79.1 Å². The van der Waals surface area contributed by atoms with E-state index >= 15 is 0 Å². The van der Waals surface area contributed by atoms with Gasteiger partial charge in [0.2, 0.25) is 0 Å². The van der Waals surface area contributed by atoms with Gasteiger partial charge in [0.25, 0.3) is 15.9 Å². The maximum Gasteiger partial charge on any atom is 0.275 e. The molecule has 2 heterocycles. The summed E-state index contributed by atoms with van der Waals surface area (Å²) in [5, 5.41) is 5.21. The zero-order valence-corrected chi connectivity index (χ0v) is 26.9. The third-order valence-corrected chi connectivity index (χ3v) is 10.1. The molecule has 0 aliphatic carbocycles. The van der Waals surface area contributed by atoms with Crippen LogP contribution in [-0.4, -0.2) is 19.5 Å². The van der Waals surface area contributed by atoms with Crippen LogP contribution in [0.2, 0.25) is 10.0 Å². The van der Waals surface area contributed by atoms with Crippen LogP contribution < -0.4 is 9.46 Å². The zero-order valence-electron chi connectivity index (χ0n) is 23.8. The number of carbonyl (C=O) groups excluding carboxylic acids is 1. The summed E-state index contributed by atoms with van der Waals surface area (Å²) in [6, 6.07) is 20.9. The highest BCUT2D eigenvalue weighted by Gasteiger charge is 2.24. The Bertz CT molecular complexity index is 1910. The molecule has 0 radical (unpaired) electrons. The highest BCUT2D eigenvalue weighted by molar-refractivity contribution is 7.90. The molecule has 5 aromatic rings. The molecule has 1 N–H and O–H groups in total. The molecule has 0 aliphatic rings. The summed E-state index contributed by atoms with van der Waals surface area (Å²) in [7, 11) is -4.00. The molecule has 0 bridgehead atoms. The normalized spacial score (nSPS) is 11.6. The van der Waals surface area contributed by atoms with Crippen molar-refractivity contribution in [2.75, 3.05) is 0 Å². The summed E-state index contributed by atoms with van der Waals surface area (Å²) in [5.41, 5.74) is 4.27. The van der Waals surface area contributed by atoms with Crippen molar-refractivity contribution in [3.8, 4) is 27.4 Å². The number of aryl methyl sites for hydroxylation is 2. The molecule has 3 aromatic carbocycles. The molecule has 0 spiro atoms. The number of thiophene rings is 1. The van der Waals surface area contributed by atoms with Crippen LogP contribution in [0.1, 0.15) is 51.9 Å². The van der Waals surface area contributed by atoms with Gasteiger partial charge in [0, 0.05) is 16.4 Å². The van der Waals surface area contributed by atoms with Gasteiger partial charge in [0.05, 0.1) is 25.4 Å². The van der Waals surface area contributed by atoms with E-state index in [-0.39, 0.29) is 22.3 Å². The molecular weight excluding hydrogens is 627 g/mol. The first kappa shape index (κ1) is 30.8. The SMILES string of the molecule is Cc1cc(OCc2c(-c3c(Cl)cccc3Cl)noc2C(C)C)ccc1-c1ccc(C(=O)NS(=O)(=O)c2ccccc2C)s1. The Labute approximate surface area is 264 Å². The fourth-order valence-corrected chi connectivity index (χ4v) is 7.53. The number of carbonyl (C=O) groups is 1. The van der Waals surface area contributed by atoms with Crippen LogP contribution in [0.25, 0.3) is 21.7 Å². The summed E-state index contributed by atoms with van der Waals surface area (Å²) < 4.78 is 39.6. The van der Waals surface area contributed by atoms with Crippen LogP contribution in [0.3, 0.4) is 0 Å². The van der Waals surface area contributed by atoms with Crippen molar-refractivity contribution in [2.45, 2.75) is 45.1 Å². The number of aromatic nitrogens is 1. The average molecular weight is 656 g/mol. The topological polar surface area (TPSA) is 98.5 Å². The summed E-state index contributed by atoms with van der Waals surface area (Å²) in [6.07, 6.45) is 0. The maximum absolute atomic E-state index is 12.8. The van der Waals surface area contributed by atoms with Crippen LogP contribution in [0.15, 0.2) is 82.2 Å². The van der Waals surface area contributed by atoms with E-state index in [9.17, 15) is 13.2 Å². The first-order valence-corrected chi connectivity index (χ1v) is 16.4. The molecular formula is C32H28Cl2N2O5S2. The predicted molar refractivity (Wildman–Crippen MR) is 171 cm³/mol. The minimum absolute atomic E-state index is 0.0575. The van der Waals surface area contributed by atoms with E-state index in [1.165, 1.54) is 17.4 Å². The number of benzene rings is 3. The lowest BCUT2D eigenvalue weighted by Crippen LogP contribution is -2.30. The molecule has 0 fully saturated rings. The molecule has 5 rings (SSSR count). The van der Waals surface area contributed by atoms with Crippen LogP contribution >= 0.6 is 34.5 Å². The molecule has 0 unspecified atom stereocenters. The zero-order chi connectivity index (χ0) is 30.9. The predicted octanol–water partition coefficient (Wildman–Crippen LogP) is 8.81. The van der Waals surface area contributed by atoms with Crippen molar-refractivity contribution >= 4 is 50.5 Å². The molecule has 7 nitrogen and oxygen atoms in total. The van der Waals surface area contributed by atoms with E-state index < -0.39 is 15.9 Å². The lowest BCUT2D eigenvalue weighted by Gasteiger charge is -2.12. The number of hydrogen-bond donors (Lipinski definition) is 1. The highest BCUT2D eigenvalue weighted by atomic mass is 35.5. The molecule has 0 atom stereocenters. The van der Waals surface area contributed by atoms with Crippen molar-refractivity contribution < 1.29 is 22.5 Å². The standard InChI is InChI=1S/C32H28Cl2N2O5S2/c1-18(2)31-23(30(35-41-31)29-24(33)9-7-10-25(29)34)17-40-21-12-13-22(20(4)16-21)26-14-15-27(42-26)32(37)36-43(38,39)28-11-6-5-8-19(28)3/h5-16,18H,17H2,1-4H3,(H,36,37). The van der Waals surface area contributed by atoms with Crippen molar-refractivity contribution in [3.63, 3.8) is 0 Å². The number of nitrogens with zero attached hydrogens (tertiary/aromatic N) is 1. The minimum Gasteiger partial charge on any atom is -0.489 e. The van der Waals surface area contributed by atoms with Crippen LogP contribution in [0, 0.1) is 13.8 Å². The van der Waals surface area contributed by atoms with E-state index in [2.05, 4.69) is 9.88 Å². The monoisotopic (exact) mass is 654 g/mol. The fraction of sp³-hybridized carbons (Fsp3) is 0.188. The second kappa shape index (κ2) is 12.5. The van der Waals surface area contributed by atoms with Crippen molar-refractivity contribution in [1.29, 1.82) is 0 Å². The molecule has 0 aliphatic heterocycles. The van der Waals surface area contributed by atoms with Gasteiger partial charge < -0.3 is 9.26 Å². The van der Waals surface area contributed by atoms with Gasteiger partial charge in [-0.15, -0.1) is 11.3 Å².